The number of rotatable bonds is 4. The molecule has 0 aliphatic heterocycles. The summed E-state index contributed by atoms with van der Waals surface area (Å²) in [4.78, 5) is 0. The minimum absolute atomic E-state index is 0.618. The molecule has 0 unspecified atom stereocenters. The van der Waals surface area contributed by atoms with Gasteiger partial charge >= 0.3 is 0 Å². The molecule has 4 nitrogen and oxygen atoms in total. The lowest BCUT2D eigenvalue weighted by molar-refractivity contribution is 0.415. The summed E-state index contributed by atoms with van der Waals surface area (Å²) in [7, 11) is 1.69. The van der Waals surface area contributed by atoms with Crippen molar-refractivity contribution in [2.24, 2.45) is 5.73 Å². The molecule has 0 amide bonds. The maximum Gasteiger partial charge on any atom is 0.128 e. The third kappa shape index (κ3) is 2.49. The van der Waals surface area contributed by atoms with Gasteiger partial charge in [0.2, 0.25) is 0 Å². The lowest BCUT2D eigenvalue weighted by Gasteiger charge is -2.12. The molecule has 1 heterocycles. The van der Waals surface area contributed by atoms with Gasteiger partial charge in [0.1, 0.15) is 5.75 Å². The number of aromatic amines is 1. The molecule has 3 N–H and O–H groups in total. The number of benzene rings is 1. The van der Waals surface area contributed by atoms with Gasteiger partial charge in [0.15, 0.2) is 0 Å². The molecule has 102 valence electrons. The minimum atomic E-state index is 0.618. The Morgan fingerprint density at radius 2 is 2.00 bits per heavy atom. The maximum absolute atomic E-state index is 5.61. The summed E-state index contributed by atoms with van der Waals surface area (Å²) in [6.07, 6.45) is 0.812. The van der Waals surface area contributed by atoms with E-state index in [4.69, 9.17) is 10.5 Å². The number of H-pyrrole nitrogens is 1. The molecular weight excluding hydrogens is 238 g/mol. The predicted molar refractivity (Wildman–Crippen MR) is 77.5 cm³/mol. The van der Waals surface area contributed by atoms with Crippen LogP contribution in [-0.4, -0.2) is 23.9 Å². The Morgan fingerprint density at radius 3 is 2.63 bits per heavy atom. The number of nitrogens with two attached hydrogens (primary N) is 1. The van der Waals surface area contributed by atoms with E-state index in [0.717, 1.165) is 34.7 Å². The molecule has 2 rings (SSSR count). The molecular formula is C15H21N3O. The first-order valence-corrected chi connectivity index (χ1v) is 6.48. The number of nitrogens with one attached hydrogen (secondary N) is 1. The highest BCUT2D eigenvalue weighted by Crippen LogP contribution is 2.35. The SMILES string of the molecule is COc1cc(C)cc(C)c1-c1n[nH]c(CCN)c1C. The second kappa shape index (κ2) is 5.45. The molecule has 0 saturated carbocycles. The van der Waals surface area contributed by atoms with Gasteiger partial charge in [0.25, 0.3) is 0 Å². The van der Waals surface area contributed by atoms with Crippen LogP contribution in [0.4, 0.5) is 0 Å². The highest BCUT2D eigenvalue weighted by molar-refractivity contribution is 5.74. The Morgan fingerprint density at radius 1 is 1.26 bits per heavy atom. The maximum atomic E-state index is 5.61. The summed E-state index contributed by atoms with van der Waals surface area (Å²) in [5.41, 5.74) is 12.2. The van der Waals surface area contributed by atoms with Crippen LogP contribution in [0.25, 0.3) is 11.3 Å². The molecule has 0 saturated heterocycles. The average molecular weight is 259 g/mol. The molecule has 0 aliphatic carbocycles. The van der Waals surface area contributed by atoms with Crippen molar-refractivity contribution in [1.82, 2.24) is 10.2 Å². The molecule has 0 atom stereocenters. The molecule has 2 aromatic rings. The van der Waals surface area contributed by atoms with Gasteiger partial charge < -0.3 is 10.5 Å². The van der Waals surface area contributed by atoms with E-state index in [1.807, 2.05) is 6.07 Å². The zero-order valence-electron chi connectivity index (χ0n) is 12.0. The Hall–Kier alpha value is -1.81. The summed E-state index contributed by atoms with van der Waals surface area (Å²) in [5.74, 6) is 0.867. The zero-order chi connectivity index (χ0) is 14.0. The number of aromatic nitrogens is 2. The highest BCUT2D eigenvalue weighted by Gasteiger charge is 2.17. The molecule has 0 spiro atoms. The van der Waals surface area contributed by atoms with Crippen molar-refractivity contribution in [3.8, 4) is 17.0 Å². The summed E-state index contributed by atoms with van der Waals surface area (Å²) in [6.45, 7) is 6.84. The number of hydrogen-bond donors (Lipinski definition) is 2. The largest absolute Gasteiger partial charge is 0.496 e. The van der Waals surface area contributed by atoms with Gasteiger partial charge in [-0.15, -0.1) is 0 Å². The molecule has 1 aromatic carbocycles. The van der Waals surface area contributed by atoms with Gasteiger partial charge in [-0.2, -0.15) is 5.10 Å². The topological polar surface area (TPSA) is 63.9 Å². The summed E-state index contributed by atoms with van der Waals surface area (Å²) >= 11 is 0. The molecule has 0 bridgehead atoms. The molecule has 19 heavy (non-hydrogen) atoms. The second-order valence-corrected chi connectivity index (χ2v) is 4.87. The summed E-state index contributed by atoms with van der Waals surface area (Å²) in [5, 5.41) is 7.52. The van der Waals surface area contributed by atoms with Crippen LogP contribution in [0.15, 0.2) is 12.1 Å². The van der Waals surface area contributed by atoms with Crippen LogP contribution in [0, 0.1) is 20.8 Å². The first-order chi connectivity index (χ1) is 9.08. The van der Waals surface area contributed by atoms with Crippen molar-refractivity contribution >= 4 is 0 Å². The Kier molecular flexibility index (Phi) is 3.90. The van der Waals surface area contributed by atoms with Crippen molar-refractivity contribution in [3.63, 3.8) is 0 Å². The van der Waals surface area contributed by atoms with Gasteiger partial charge in [-0.1, -0.05) is 6.07 Å². The zero-order valence-corrected chi connectivity index (χ0v) is 12.0. The van der Waals surface area contributed by atoms with Crippen LogP contribution >= 0.6 is 0 Å². The smallest absolute Gasteiger partial charge is 0.128 e. The number of aryl methyl sites for hydroxylation is 2. The minimum Gasteiger partial charge on any atom is -0.496 e. The standard InChI is InChI=1S/C15H21N3O/c1-9-7-10(2)14(13(8-9)19-4)15-11(3)12(5-6-16)17-18-15/h7-8H,5-6,16H2,1-4H3,(H,17,18). The number of ether oxygens (including phenoxy) is 1. The fourth-order valence-corrected chi connectivity index (χ4v) is 2.46. The van der Waals surface area contributed by atoms with E-state index >= 15 is 0 Å². The Labute approximate surface area is 114 Å². The van der Waals surface area contributed by atoms with Crippen LogP contribution < -0.4 is 10.5 Å². The Bertz CT molecular complexity index is 587. The van der Waals surface area contributed by atoms with Crippen molar-refractivity contribution in [1.29, 1.82) is 0 Å². The third-order valence-corrected chi connectivity index (χ3v) is 3.41. The first kappa shape index (κ1) is 13.6. The van der Waals surface area contributed by atoms with E-state index in [0.29, 0.717) is 6.54 Å². The van der Waals surface area contributed by atoms with Crippen LogP contribution in [-0.2, 0) is 6.42 Å². The van der Waals surface area contributed by atoms with Crippen LogP contribution in [0.3, 0.4) is 0 Å². The van der Waals surface area contributed by atoms with E-state index < -0.39 is 0 Å². The molecule has 4 heteroatoms. The van der Waals surface area contributed by atoms with Crippen molar-refractivity contribution in [2.75, 3.05) is 13.7 Å². The quantitative estimate of drug-likeness (QED) is 0.886. The van der Waals surface area contributed by atoms with Gasteiger partial charge in [-0.05, 0) is 50.1 Å². The monoisotopic (exact) mass is 259 g/mol. The van der Waals surface area contributed by atoms with E-state index in [-0.39, 0.29) is 0 Å². The van der Waals surface area contributed by atoms with Crippen molar-refractivity contribution in [2.45, 2.75) is 27.2 Å². The van der Waals surface area contributed by atoms with E-state index in [9.17, 15) is 0 Å². The fraction of sp³-hybridized carbons (Fsp3) is 0.400. The fourth-order valence-electron chi connectivity index (χ4n) is 2.46. The van der Waals surface area contributed by atoms with Gasteiger partial charge in [0.05, 0.1) is 12.8 Å². The first-order valence-electron chi connectivity index (χ1n) is 6.48. The lowest BCUT2D eigenvalue weighted by Crippen LogP contribution is -2.04. The van der Waals surface area contributed by atoms with E-state index in [1.165, 1.54) is 11.1 Å². The number of nitrogens with zero attached hydrogens (tertiary/aromatic N) is 1. The predicted octanol–water partition coefficient (Wildman–Crippen LogP) is 2.51. The van der Waals surface area contributed by atoms with Gasteiger partial charge in [0, 0.05) is 17.7 Å². The third-order valence-electron chi connectivity index (χ3n) is 3.41. The number of methoxy groups -OCH3 is 1. The summed E-state index contributed by atoms with van der Waals surface area (Å²) in [6, 6.07) is 4.19. The molecule has 1 aromatic heterocycles. The summed E-state index contributed by atoms with van der Waals surface area (Å²) < 4.78 is 5.51. The average Bonchev–Trinajstić information content (AvgIpc) is 2.71. The Balaban J connectivity index is 2.58. The van der Waals surface area contributed by atoms with E-state index in [1.54, 1.807) is 7.11 Å². The second-order valence-electron chi connectivity index (χ2n) is 4.87. The highest BCUT2D eigenvalue weighted by atomic mass is 16.5. The van der Waals surface area contributed by atoms with Crippen molar-refractivity contribution in [3.05, 3.63) is 34.5 Å². The van der Waals surface area contributed by atoms with Crippen molar-refractivity contribution < 1.29 is 4.74 Å². The molecule has 0 aliphatic rings. The normalized spacial score (nSPS) is 10.8. The van der Waals surface area contributed by atoms with Crippen LogP contribution in [0.5, 0.6) is 5.75 Å². The number of hydrogen-bond acceptors (Lipinski definition) is 3. The lowest BCUT2D eigenvalue weighted by atomic mass is 9.98. The van der Waals surface area contributed by atoms with Crippen LogP contribution in [0.2, 0.25) is 0 Å². The van der Waals surface area contributed by atoms with Gasteiger partial charge in [-0.25, -0.2) is 0 Å². The van der Waals surface area contributed by atoms with Crippen LogP contribution in [0.1, 0.15) is 22.4 Å². The molecule has 0 radical (unpaired) electrons. The van der Waals surface area contributed by atoms with E-state index in [2.05, 4.69) is 37.0 Å². The molecule has 0 fully saturated rings. The van der Waals surface area contributed by atoms with Gasteiger partial charge in [-0.3, -0.25) is 5.10 Å².